The molecule has 4 nitrogen and oxygen atoms in total. The molecule has 0 saturated heterocycles. The molecular formula is C6H10N4S. The Labute approximate surface area is 70.4 Å². The summed E-state index contributed by atoms with van der Waals surface area (Å²) in [5, 5.41) is 7.64. The number of nitrogens with zero attached hydrogens (tertiary/aromatic N) is 3. The maximum Gasteiger partial charge on any atom is 0.143 e. The first-order valence-corrected chi connectivity index (χ1v) is 3.76. The summed E-state index contributed by atoms with van der Waals surface area (Å²) in [5.74, 6) is 0. The van der Waals surface area contributed by atoms with Gasteiger partial charge in [-0.3, -0.25) is 4.68 Å². The van der Waals surface area contributed by atoms with Crippen LogP contribution >= 0.6 is 12.2 Å². The third-order valence-electron chi connectivity index (χ3n) is 1.51. The molecule has 0 unspecified atom stereocenters. The van der Waals surface area contributed by atoms with Gasteiger partial charge in [-0.25, -0.2) is 0 Å². The van der Waals surface area contributed by atoms with Crippen LogP contribution in [0.25, 0.3) is 0 Å². The van der Waals surface area contributed by atoms with Crippen LogP contribution in [0.15, 0.2) is 0 Å². The Morgan fingerprint density at radius 3 is 2.73 bits per heavy atom. The molecule has 1 aromatic rings. The Hall–Kier alpha value is -0.970. The van der Waals surface area contributed by atoms with Crippen LogP contribution in [-0.4, -0.2) is 20.0 Å². The van der Waals surface area contributed by atoms with E-state index in [-0.39, 0.29) is 0 Å². The van der Waals surface area contributed by atoms with Crippen LogP contribution in [0.1, 0.15) is 18.3 Å². The van der Waals surface area contributed by atoms with Crippen molar-refractivity contribution in [3.63, 3.8) is 0 Å². The van der Waals surface area contributed by atoms with Gasteiger partial charge in [-0.15, -0.1) is 5.10 Å². The van der Waals surface area contributed by atoms with E-state index in [1.54, 1.807) is 4.68 Å². The van der Waals surface area contributed by atoms with Crippen LogP contribution < -0.4 is 5.73 Å². The lowest BCUT2D eigenvalue weighted by Crippen LogP contribution is -2.13. The van der Waals surface area contributed by atoms with Crippen molar-refractivity contribution in [1.82, 2.24) is 15.0 Å². The Kier molecular flexibility index (Phi) is 2.19. The van der Waals surface area contributed by atoms with Crippen molar-refractivity contribution < 1.29 is 0 Å². The summed E-state index contributed by atoms with van der Waals surface area (Å²) in [4.78, 5) is 0.315. The first-order valence-electron chi connectivity index (χ1n) is 3.35. The Bertz CT molecular complexity index is 278. The van der Waals surface area contributed by atoms with E-state index in [2.05, 4.69) is 10.3 Å². The van der Waals surface area contributed by atoms with Crippen molar-refractivity contribution in [3.8, 4) is 0 Å². The van der Waals surface area contributed by atoms with Crippen molar-refractivity contribution in [3.05, 3.63) is 11.4 Å². The molecule has 0 fully saturated rings. The van der Waals surface area contributed by atoms with Crippen LogP contribution in [0.5, 0.6) is 0 Å². The second kappa shape index (κ2) is 2.96. The van der Waals surface area contributed by atoms with E-state index in [0.717, 1.165) is 12.1 Å². The summed E-state index contributed by atoms with van der Waals surface area (Å²) >= 11 is 4.79. The number of hydrogen-bond acceptors (Lipinski definition) is 3. The smallest absolute Gasteiger partial charge is 0.143 e. The van der Waals surface area contributed by atoms with Gasteiger partial charge in [0.25, 0.3) is 0 Å². The van der Waals surface area contributed by atoms with Gasteiger partial charge >= 0.3 is 0 Å². The molecular weight excluding hydrogens is 160 g/mol. The molecule has 60 valence electrons. The monoisotopic (exact) mass is 170 g/mol. The lowest BCUT2D eigenvalue weighted by atomic mass is 10.2. The second-order valence-electron chi connectivity index (χ2n) is 2.23. The SMILES string of the molecule is CCc1c(C(N)=S)nnn1C. The number of aromatic nitrogens is 3. The van der Waals surface area contributed by atoms with E-state index in [9.17, 15) is 0 Å². The number of aryl methyl sites for hydroxylation is 1. The maximum atomic E-state index is 5.42. The number of nitrogens with two attached hydrogens (primary N) is 1. The Morgan fingerprint density at radius 1 is 1.73 bits per heavy atom. The highest BCUT2D eigenvalue weighted by atomic mass is 32.1. The molecule has 2 N–H and O–H groups in total. The van der Waals surface area contributed by atoms with Crippen molar-refractivity contribution in [2.75, 3.05) is 0 Å². The van der Waals surface area contributed by atoms with E-state index in [4.69, 9.17) is 18.0 Å². The van der Waals surface area contributed by atoms with Gasteiger partial charge in [-0.1, -0.05) is 24.4 Å². The number of rotatable bonds is 2. The molecule has 11 heavy (non-hydrogen) atoms. The van der Waals surface area contributed by atoms with E-state index in [1.165, 1.54) is 0 Å². The van der Waals surface area contributed by atoms with Crippen LogP contribution in [0, 0.1) is 0 Å². The fraction of sp³-hybridized carbons (Fsp3) is 0.500. The van der Waals surface area contributed by atoms with E-state index in [0.29, 0.717) is 10.7 Å². The lowest BCUT2D eigenvalue weighted by molar-refractivity contribution is 0.682. The van der Waals surface area contributed by atoms with Gasteiger partial charge in [-0.2, -0.15) is 0 Å². The molecule has 0 spiro atoms. The minimum absolute atomic E-state index is 0.315. The first kappa shape index (κ1) is 8.13. The molecule has 1 heterocycles. The number of thiocarbonyl (C=S) groups is 1. The van der Waals surface area contributed by atoms with Crippen molar-refractivity contribution in [2.24, 2.45) is 12.8 Å². The average Bonchev–Trinajstić information content (AvgIpc) is 2.30. The van der Waals surface area contributed by atoms with Crippen LogP contribution in [0.3, 0.4) is 0 Å². The van der Waals surface area contributed by atoms with Crippen molar-refractivity contribution >= 4 is 17.2 Å². The number of hydrogen-bond donors (Lipinski definition) is 1. The zero-order chi connectivity index (χ0) is 8.43. The van der Waals surface area contributed by atoms with Gasteiger partial charge in [0, 0.05) is 7.05 Å². The third-order valence-corrected chi connectivity index (χ3v) is 1.70. The summed E-state index contributed by atoms with van der Waals surface area (Å²) in [6.07, 6.45) is 0.843. The summed E-state index contributed by atoms with van der Waals surface area (Å²) in [7, 11) is 1.83. The minimum atomic E-state index is 0.315. The fourth-order valence-electron chi connectivity index (χ4n) is 0.965. The quantitative estimate of drug-likeness (QED) is 0.635. The normalized spacial score (nSPS) is 10.0. The van der Waals surface area contributed by atoms with Gasteiger partial charge in [-0.05, 0) is 6.42 Å². The first-order chi connectivity index (χ1) is 5.16. The highest BCUT2D eigenvalue weighted by Gasteiger charge is 2.09. The van der Waals surface area contributed by atoms with Crippen LogP contribution in [-0.2, 0) is 13.5 Å². The molecule has 0 atom stereocenters. The van der Waals surface area contributed by atoms with Crippen LogP contribution in [0.4, 0.5) is 0 Å². The molecule has 1 rings (SSSR count). The van der Waals surface area contributed by atoms with E-state index in [1.807, 2.05) is 14.0 Å². The molecule has 0 amide bonds. The molecule has 0 aromatic carbocycles. The summed E-state index contributed by atoms with van der Waals surface area (Å²) < 4.78 is 1.69. The zero-order valence-electron chi connectivity index (χ0n) is 6.53. The highest BCUT2D eigenvalue weighted by Crippen LogP contribution is 2.03. The summed E-state index contributed by atoms with van der Waals surface area (Å²) in [5.41, 5.74) is 7.05. The molecule has 0 aliphatic rings. The van der Waals surface area contributed by atoms with Gasteiger partial charge in [0.2, 0.25) is 0 Å². The Balaban J connectivity index is 3.15. The van der Waals surface area contributed by atoms with Gasteiger partial charge in [0.15, 0.2) is 0 Å². The molecule has 0 saturated carbocycles. The average molecular weight is 170 g/mol. The topological polar surface area (TPSA) is 56.7 Å². The van der Waals surface area contributed by atoms with Gasteiger partial charge in [0.05, 0.1) is 5.69 Å². The highest BCUT2D eigenvalue weighted by molar-refractivity contribution is 7.80. The van der Waals surface area contributed by atoms with E-state index >= 15 is 0 Å². The van der Waals surface area contributed by atoms with E-state index < -0.39 is 0 Å². The van der Waals surface area contributed by atoms with Gasteiger partial charge in [0.1, 0.15) is 10.7 Å². The van der Waals surface area contributed by atoms with Gasteiger partial charge < -0.3 is 5.73 Å². The maximum absolute atomic E-state index is 5.42. The minimum Gasteiger partial charge on any atom is -0.388 e. The molecule has 0 aliphatic carbocycles. The van der Waals surface area contributed by atoms with Crippen molar-refractivity contribution in [2.45, 2.75) is 13.3 Å². The van der Waals surface area contributed by atoms with Crippen molar-refractivity contribution in [1.29, 1.82) is 0 Å². The fourth-order valence-corrected chi connectivity index (χ4v) is 1.12. The predicted molar refractivity (Wildman–Crippen MR) is 46.3 cm³/mol. The Morgan fingerprint density at radius 2 is 2.36 bits per heavy atom. The van der Waals surface area contributed by atoms with Crippen LogP contribution in [0.2, 0.25) is 0 Å². The largest absolute Gasteiger partial charge is 0.388 e. The molecule has 5 heteroatoms. The summed E-state index contributed by atoms with van der Waals surface area (Å²) in [6, 6.07) is 0. The summed E-state index contributed by atoms with van der Waals surface area (Å²) in [6.45, 7) is 2.01. The molecule has 1 aromatic heterocycles. The molecule has 0 radical (unpaired) electrons. The molecule has 0 bridgehead atoms. The second-order valence-corrected chi connectivity index (χ2v) is 2.67. The standard InChI is InChI=1S/C6H10N4S/c1-3-4-5(6(7)11)8-9-10(4)2/h3H2,1-2H3,(H2,7,11). The predicted octanol–water partition coefficient (Wildman–Crippen LogP) is 0.0117. The third kappa shape index (κ3) is 1.37. The lowest BCUT2D eigenvalue weighted by Gasteiger charge is -1.97. The molecule has 0 aliphatic heterocycles. The zero-order valence-corrected chi connectivity index (χ0v) is 7.35.